The van der Waals surface area contributed by atoms with Crippen LogP contribution in [0.15, 0.2) is 30.0 Å². The summed E-state index contributed by atoms with van der Waals surface area (Å²) in [6, 6.07) is 4.57. The molecule has 3 rings (SSSR count). The van der Waals surface area contributed by atoms with E-state index in [1.54, 1.807) is 29.2 Å². The van der Waals surface area contributed by atoms with Gasteiger partial charge in [0.2, 0.25) is 11.8 Å². The molecule has 7 nitrogen and oxygen atoms in total. The molecular weight excluding hydrogens is 444 g/mol. The summed E-state index contributed by atoms with van der Waals surface area (Å²) in [4.78, 5) is 27.7. The molecule has 0 spiro atoms. The number of amides is 2. The van der Waals surface area contributed by atoms with Crippen LogP contribution in [0.3, 0.4) is 0 Å². The molecule has 2 atom stereocenters. The zero-order valence-corrected chi connectivity index (χ0v) is 19.7. The lowest BCUT2D eigenvalue weighted by molar-refractivity contribution is -0.142. The van der Waals surface area contributed by atoms with Crippen LogP contribution < -0.4 is 10.1 Å². The Labute approximate surface area is 201 Å². The minimum Gasteiger partial charge on any atom is -0.513 e. The molecule has 0 radical (unpaired) electrons. The van der Waals surface area contributed by atoms with E-state index in [0.29, 0.717) is 55.1 Å². The second kappa shape index (κ2) is 11.3. The lowest BCUT2D eigenvalue weighted by Crippen LogP contribution is -2.55. The highest BCUT2D eigenvalue weighted by atomic mass is 35.5. The molecule has 1 aliphatic carbocycles. The number of piperidine rings is 1. The van der Waals surface area contributed by atoms with Crippen LogP contribution in [0.4, 0.5) is 0 Å². The van der Waals surface area contributed by atoms with Crippen molar-refractivity contribution in [3.05, 3.63) is 40.6 Å². The number of nitrogens with one attached hydrogen (secondary N) is 1. The van der Waals surface area contributed by atoms with Crippen molar-refractivity contribution < 1.29 is 24.5 Å². The van der Waals surface area contributed by atoms with Gasteiger partial charge in [-0.15, -0.1) is 0 Å². The molecule has 0 bridgehead atoms. The summed E-state index contributed by atoms with van der Waals surface area (Å²) >= 11 is 6.10. The van der Waals surface area contributed by atoms with Gasteiger partial charge in [-0.1, -0.05) is 38.9 Å². The number of aliphatic hydroxyl groups excluding tert-OH is 1. The number of allylic oxidation sites excluding steroid dienone is 1. The number of benzene rings is 1. The largest absolute Gasteiger partial charge is 0.513 e. The molecule has 2 amide bonds. The first-order valence-corrected chi connectivity index (χ1v) is 11.6. The van der Waals surface area contributed by atoms with E-state index < -0.39 is 17.6 Å². The Kier molecular flexibility index (Phi) is 9.20. The quantitative estimate of drug-likeness (QED) is 0.567. The van der Waals surface area contributed by atoms with Crippen molar-refractivity contribution in [2.75, 3.05) is 20.2 Å². The third-order valence-electron chi connectivity index (χ3n) is 6.50. The summed E-state index contributed by atoms with van der Waals surface area (Å²) < 4.78 is 5.26. The minimum absolute atomic E-state index is 0. The fourth-order valence-corrected chi connectivity index (χ4v) is 4.61. The van der Waals surface area contributed by atoms with Gasteiger partial charge in [0, 0.05) is 19.5 Å². The van der Waals surface area contributed by atoms with E-state index in [9.17, 15) is 19.8 Å². The Morgan fingerprint density at radius 3 is 2.52 bits per heavy atom. The smallest absolute Gasteiger partial charge is 0.245 e. The summed E-state index contributed by atoms with van der Waals surface area (Å²) in [6.45, 7) is 4.56. The fraction of sp³-hybridized carbons (Fsp3) is 0.600. The summed E-state index contributed by atoms with van der Waals surface area (Å²) in [6.07, 6.45) is 4.34. The molecule has 33 heavy (non-hydrogen) atoms. The Balaban J connectivity index is 0.00000385. The standard InChI is InChI=1S/C24H33ClN2O5.CH4/c1-15(2)21(26-22(29)16-5-4-6-18(28)13-16)23(30)27-11-9-24(31,10-12-27)17-7-8-19(25)20(14-17)32-3;/h7-8,13-16,21,28,31H,4-6,9-12H2,1-3H3,(H,26,29);1H4/t16?,21-;/m1./s1. The predicted octanol–water partition coefficient (Wildman–Crippen LogP) is 4.18. The van der Waals surface area contributed by atoms with Crippen molar-refractivity contribution in [1.82, 2.24) is 10.2 Å². The van der Waals surface area contributed by atoms with Crippen LogP contribution in [0, 0.1) is 11.8 Å². The van der Waals surface area contributed by atoms with Gasteiger partial charge in [-0.3, -0.25) is 9.59 Å². The van der Waals surface area contributed by atoms with E-state index >= 15 is 0 Å². The first kappa shape index (κ1) is 27.0. The summed E-state index contributed by atoms with van der Waals surface area (Å²) in [7, 11) is 1.53. The third kappa shape index (κ3) is 6.21. The van der Waals surface area contributed by atoms with Gasteiger partial charge >= 0.3 is 0 Å². The second-order valence-corrected chi connectivity index (χ2v) is 9.50. The first-order valence-electron chi connectivity index (χ1n) is 11.2. The molecule has 1 aliphatic heterocycles. The molecule has 1 unspecified atom stereocenters. The second-order valence-electron chi connectivity index (χ2n) is 9.09. The van der Waals surface area contributed by atoms with Gasteiger partial charge in [-0.05, 0) is 55.4 Å². The lowest BCUT2D eigenvalue weighted by atomic mass is 9.84. The molecular formula is C25H37ClN2O5. The number of hydrogen-bond acceptors (Lipinski definition) is 5. The summed E-state index contributed by atoms with van der Waals surface area (Å²) in [5.74, 6) is -0.143. The maximum atomic E-state index is 13.2. The van der Waals surface area contributed by atoms with Gasteiger partial charge < -0.3 is 25.2 Å². The van der Waals surface area contributed by atoms with Crippen molar-refractivity contribution in [3.8, 4) is 5.75 Å². The number of likely N-dealkylation sites (tertiary alicyclic amines) is 1. The number of nitrogens with zero attached hydrogens (tertiary/aromatic N) is 1. The summed E-state index contributed by atoms with van der Waals surface area (Å²) in [5.41, 5.74) is -0.362. The molecule has 1 heterocycles. The third-order valence-corrected chi connectivity index (χ3v) is 6.81. The van der Waals surface area contributed by atoms with Crippen molar-refractivity contribution >= 4 is 23.4 Å². The van der Waals surface area contributed by atoms with Crippen molar-refractivity contribution in [1.29, 1.82) is 0 Å². The highest BCUT2D eigenvalue weighted by molar-refractivity contribution is 6.32. The monoisotopic (exact) mass is 480 g/mol. The molecule has 1 saturated heterocycles. The molecule has 3 N–H and O–H groups in total. The highest BCUT2D eigenvalue weighted by Crippen LogP contribution is 2.37. The number of methoxy groups -OCH3 is 1. The molecule has 1 aromatic carbocycles. The number of halogens is 1. The minimum atomic E-state index is -1.07. The van der Waals surface area contributed by atoms with E-state index in [4.69, 9.17) is 16.3 Å². The number of rotatable bonds is 6. The zero-order valence-electron chi connectivity index (χ0n) is 18.9. The summed E-state index contributed by atoms with van der Waals surface area (Å²) in [5, 5.41) is 24.3. The molecule has 0 saturated carbocycles. The lowest BCUT2D eigenvalue weighted by Gasteiger charge is -2.40. The van der Waals surface area contributed by atoms with Crippen molar-refractivity contribution in [3.63, 3.8) is 0 Å². The predicted molar refractivity (Wildman–Crippen MR) is 129 cm³/mol. The Morgan fingerprint density at radius 1 is 1.27 bits per heavy atom. The highest BCUT2D eigenvalue weighted by Gasteiger charge is 2.38. The van der Waals surface area contributed by atoms with Crippen molar-refractivity contribution in [2.24, 2.45) is 11.8 Å². The number of ether oxygens (including phenoxy) is 1. The van der Waals surface area contributed by atoms with E-state index in [-0.39, 0.29) is 30.9 Å². The normalized spacial score (nSPS) is 21.0. The van der Waals surface area contributed by atoms with Gasteiger partial charge in [0.1, 0.15) is 11.8 Å². The topological polar surface area (TPSA) is 99.1 Å². The Bertz CT molecular complexity index is 878. The van der Waals surface area contributed by atoms with Gasteiger partial charge in [-0.2, -0.15) is 0 Å². The van der Waals surface area contributed by atoms with Crippen LogP contribution in [0.1, 0.15) is 58.9 Å². The van der Waals surface area contributed by atoms with Crippen molar-refractivity contribution in [2.45, 2.75) is 65.0 Å². The Hall–Kier alpha value is -2.25. The van der Waals surface area contributed by atoms with E-state index in [2.05, 4.69) is 5.32 Å². The molecule has 8 heteroatoms. The first-order chi connectivity index (χ1) is 15.1. The number of carbonyl (C=O) groups excluding carboxylic acids is 2. The van der Waals surface area contributed by atoms with Gasteiger partial charge in [0.15, 0.2) is 0 Å². The molecule has 2 aliphatic rings. The molecule has 1 aromatic rings. The van der Waals surface area contributed by atoms with Gasteiger partial charge in [0.05, 0.1) is 29.4 Å². The molecule has 0 aromatic heterocycles. The zero-order chi connectivity index (χ0) is 23.5. The average Bonchev–Trinajstić information content (AvgIpc) is 2.77. The van der Waals surface area contributed by atoms with E-state index in [1.165, 1.54) is 7.11 Å². The van der Waals surface area contributed by atoms with Gasteiger partial charge in [-0.25, -0.2) is 0 Å². The van der Waals surface area contributed by atoms with Crippen LogP contribution in [-0.4, -0.2) is 53.2 Å². The maximum Gasteiger partial charge on any atom is 0.245 e. The molecule has 1 fully saturated rings. The fourth-order valence-electron chi connectivity index (χ4n) is 4.41. The SMILES string of the molecule is C.COc1cc(C2(O)CCN(C(=O)[C@H](NC(=O)C3C=C(O)CCC3)C(C)C)CC2)ccc1Cl. The number of aliphatic hydroxyl groups is 2. The van der Waals surface area contributed by atoms with Crippen LogP contribution in [0.2, 0.25) is 5.02 Å². The average molecular weight is 481 g/mol. The van der Waals surface area contributed by atoms with Crippen LogP contribution in [0.5, 0.6) is 5.75 Å². The number of carbonyl (C=O) groups is 2. The molecule has 184 valence electrons. The van der Waals surface area contributed by atoms with E-state index in [0.717, 1.165) is 6.42 Å². The number of hydrogen-bond donors (Lipinski definition) is 3. The van der Waals surface area contributed by atoms with Crippen LogP contribution >= 0.6 is 11.6 Å². The van der Waals surface area contributed by atoms with Gasteiger partial charge in [0.25, 0.3) is 0 Å². The maximum absolute atomic E-state index is 13.2. The van der Waals surface area contributed by atoms with Crippen LogP contribution in [-0.2, 0) is 15.2 Å². The van der Waals surface area contributed by atoms with E-state index in [1.807, 2.05) is 13.8 Å². The Morgan fingerprint density at radius 2 is 1.94 bits per heavy atom. The van der Waals surface area contributed by atoms with Crippen LogP contribution in [0.25, 0.3) is 0 Å².